The molecule has 1 heterocycles. The molecule has 2 N–H and O–H groups in total. The highest BCUT2D eigenvalue weighted by Crippen LogP contribution is 2.14. The third-order valence-electron chi connectivity index (χ3n) is 2.40. The van der Waals surface area contributed by atoms with Crippen LogP contribution in [0.15, 0.2) is 18.2 Å². The number of hydrogen-bond donors (Lipinski definition) is 2. The van der Waals surface area contributed by atoms with Crippen molar-refractivity contribution in [1.29, 1.82) is 0 Å². The van der Waals surface area contributed by atoms with E-state index in [-0.39, 0.29) is 12.5 Å². The molecule has 7 heteroatoms. The van der Waals surface area contributed by atoms with Crippen LogP contribution in [-0.4, -0.2) is 32.4 Å². The van der Waals surface area contributed by atoms with Gasteiger partial charge in [0, 0.05) is 23.5 Å². The summed E-state index contributed by atoms with van der Waals surface area (Å²) in [5, 5.41) is 18.8. The number of benzene rings is 1. The average molecular weight is 288 g/mol. The third-order valence-corrected chi connectivity index (χ3v) is 2.91. The van der Waals surface area contributed by atoms with Crippen LogP contribution in [0.1, 0.15) is 27.9 Å². The summed E-state index contributed by atoms with van der Waals surface area (Å²) in [5.74, 6) is 5.40. The maximum absolute atomic E-state index is 12.2. The van der Waals surface area contributed by atoms with E-state index in [0.29, 0.717) is 22.7 Å². The fourth-order valence-corrected chi connectivity index (χ4v) is 1.88. The largest absolute Gasteiger partial charge is 0.395 e. The van der Waals surface area contributed by atoms with Crippen molar-refractivity contribution in [3.05, 3.63) is 34.9 Å². The van der Waals surface area contributed by atoms with Crippen LogP contribution in [0.4, 0.5) is 5.13 Å². The van der Waals surface area contributed by atoms with E-state index in [1.165, 1.54) is 0 Å². The van der Waals surface area contributed by atoms with E-state index in [2.05, 4.69) is 32.0 Å². The summed E-state index contributed by atoms with van der Waals surface area (Å²) < 4.78 is 3.58. The first-order valence-electron chi connectivity index (χ1n) is 5.87. The van der Waals surface area contributed by atoms with E-state index >= 15 is 0 Å². The zero-order valence-electron chi connectivity index (χ0n) is 10.8. The van der Waals surface area contributed by atoms with Crippen molar-refractivity contribution in [3.8, 4) is 11.8 Å². The van der Waals surface area contributed by atoms with E-state index in [1.807, 2.05) is 19.1 Å². The van der Waals surface area contributed by atoms with Crippen LogP contribution in [0.2, 0.25) is 0 Å². The Hall–Kier alpha value is -2.30. The van der Waals surface area contributed by atoms with Crippen LogP contribution in [-0.2, 0) is 0 Å². The first-order valence-corrected chi connectivity index (χ1v) is 6.65. The van der Waals surface area contributed by atoms with Crippen LogP contribution in [0.25, 0.3) is 0 Å². The smallest absolute Gasteiger partial charge is 0.258 e. The summed E-state index contributed by atoms with van der Waals surface area (Å²) in [7, 11) is 0. The quantitative estimate of drug-likeness (QED) is 0.829. The predicted octanol–water partition coefficient (Wildman–Crippen LogP) is 1.23. The minimum Gasteiger partial charge on any atom is -0.395 e. The highest BCUT2D eigenvalue weighted by molar-refractivity contribution is 7.09. The van der Waals surface area contributed by atoms with Gasteiger partial charge in [0.05, 0.1) is 12.2 Å². The Morgan fingerprint density at radius 3 is 3.05 bits per heavy atom. The number of rotatable bonds is 3. The summed E-state index contributed by atoms with van der Waals surface area (Å²) in [6.45, 7) is 1.92. The number of carbonyl (C=O) groups is 1. The Labute approximate surface area is 120 Å². The minimum absolute atomic E-state index is 0.00317. The summed E-state index contributed by atoms with van der Waals surface area (Å²) in [4.78, 5) is 12.2. The fraction of sp³-hybridized carbons (Fsp3) is 0.231. The van der Waals surface area contributed by atoms with E-state index in [0.717, 1.165) is 17.1 Å². The van der Waals surface area contributed by atoms with E-state index in [9.17, 15) is 4.79 Å². The molecule has 0 aliphatic carbocycles. The normalized spacial score (nSPS) is 9.70. The summed E-state index contributed by atoms with van der Waals surface area (Å²) in [6.07, 6.45) is 0.370. The average Bonchev–Trinajstić information content (AvgIpc) is 2.92. The lowest BCUT2D eigenvalue weighted by molar-refractivity contribution is 0.102. The molecule has 2 rings (SSSR count). The molecule has 0 atom stereocenters. The van der Waals surface area contributed by atoms with Crippen molar-refractivity contribution in [2.45, 2.75) is 13.3 Å². The number of aliphatic hydroxyl groups is 1. The Morgan fingerprint density at radius 1 is 1.50 bits per heavy atom. The molecule has 0 saturated heterocycles. The van der Waals surface area contributed by atoms with Crippen molar-refractivity contribution in [2.24, 2.45) is 0 Å². The van der Waals surface area contributed by atoms with Gasteiger partial charge in [0.25, 0.3) is 5.91 Å². The van der Waals surface area contributed by atoms with Crippen LogP contribution in [0.5, 0.6) is 0 Å². The molecule has 0 spiro atoms. The van der Waals surface area contributed by atoms with E-state index < -0.39 is 0 Å². The van der Waals surface area contributed by atoms with Gasteiger partial charge in [0.2, 0.25) is 5.13 Å². The van der Waals surface area contributed by atoms with Crippen molar-refractivity contribution >= 4 is 22.6 Å². The Morgan fingerprint density at radius 2 is 2.35 bits per heavy atom. The van der Waals surface area contributed by atoms with Crippen molar-refractivity contribution in [2.75, 3.05) is 11.9 Å². The first-order chi connectivity index (χ1) is 9.70. The van der Waals surface area contributed by atoms with E-state index in [1.54, 1.807) is 6.07 Å². The standard InChI is InChI=1S/C13H12N4O2S/c1-9-5-6-11(10(8-9)4-2-3-7-18)12(19)14-13-15-16-17-20-13/h5-6,8,18H,3,7H2,1H3,(H,14,15,17,19). The molecular formula is C13H12N4O2S. The summed E-state index contributed by atoms with van der Waals surface area (Å²) in [6, 6.07) is 5.38. The second kappa shape index (κ2) is 6.75. The molecule has 0 aliphatic rings. The molecular weight excluding hydrogens is 276 g/mol. The molecule has 2 aromatic rings. The number of amides is 1. The molecule has 0 unspecified atom stereocenters. The fourth-order valence-electron chi connectivity index (χ4n) is 1.52. The van der Waals surface area contributed by atoms with Gasteiger partial charge in [0.1, 0.15) is 0 Å². The number of nitrogens with one attached hydrogen (secondary N) is 1. The molecule has 1 aromatic carbocycles. The van der Waals surface area contributed by atoms with Gasteiger partial charge in [-0.1, -0.05) is 27.5 Å². The molecule has 1 amide bonds. The molecule has 0 bridgehead atoms. The lowest BCUT2D eigenvalue weighted by Gasteiger charge is -2.05. The second-order valence-corrected chi connectivity index (χ2v) is 4.68. The Balaban J connectivity index is 2.26. The third kappa shape index (κ3) is 3.60. The predicted molar refractivity (Wildman–Crippen MR) is 75.4 cm³/mol. The molecule has 0 radical (unpaired) electrons. The van der Waals surface area contributed by atoms with E-state index in [4.69, 9.17) is 5.11 Å². The Bertz CT molecular complexity index is 659. The molecule has 1 aromatic heterocycles. The number of aryl methyl sites for hydroxylation is 1. The highest BCUT2D eigenvalue weighted by atomic mass is 32.1. The number of nitrogens with zero attached hydrogens (tertiary/aromatic N) is 3. The first kappa shape index (κ1) is 14.1. The molecule has 102 valence electrons. The zero-order valence-corrected chi connectivity index (χ0v) is 11.6. The highest BCUT2D eigenvalue weighted by Gasteiger charge is 2.12. The number of hydrogen-bond acceptors (Lipinski definition) is 6. The van der Waals surface area contributed by atoms with Gasteiger partial charge >= 0.3 is 0 Å². The second-order valence-electron chi connectivity index (χ2n) is 3.95. The van der Waals surface area contributed by atoms with Crippen LogP contribution in [0.3, 0.4) is 0 Å². The van der Waals surface area contributed by atoms with Gasteiger partial charge in [-0.15, -0.1) is 0 Å². The lowest BCUT2D eigenvalue weighted by Crippen LogP contribution is -2.13. The topological polar surface area (TPSA) is 88.0 Å². The van der Waals surface area contributed by atoms with Gasteiger partial charge in [-0.2, -0.15) is 0 Å². The van der Waals surface area contributed by atoms with Crippen LogP contribution >= 0.6 is 11.5 Å². The van der Waals surface area contributed by atoms with Crippen LogP contribution < -0.4 is 5.32 Å². The molecule has 6 nitrogen and oxygen atoms in total. The molecule has 20 heavy (non-hydrogen) atoms. The summed E-state index contributed by atoms with van der Waals surface area (Å²) >= 11 is 1.00. The van der Waals surface area contributed by atoms with Crippen molar-refractivity contribution in [3.63, 3.8) is 0 Å². The minimum atomic E-state index is -0.308. The monoisotopic (exact) mass is 288 g/mol. The maximum atomic E-state index is 12.2. The molecule has 0 saturated carbocycles. The van der Waals surface area contributed by atoms with Crippen molar-refractivity contribution < 1.29 is 9.90 Å². The number of aliphatic hydroxyl groups excluding tert-OH is 1. The van der Waals surface area contributed by atoms with Gasteiger partial charge in [-0.05, 0) is 29.8 Å². The number of aromatic nitrogens is 3. The van der Waals surface area contributed by atoms with Gasteiger partial charge in [0.15, 0.2) is 0 Å². The molecule has 0 fully saturated rings. The van der Waals surface area contributed by atoms with Gasteiger partial charge < -0.3 is 5.11 Å². The van der Waals surface area contributed by atoms with Gasteiger partial charge in [-0.25, -0.2) is 0 Å². The van der Waals surface area contributed by atoms with Crippen LogP contribution in [0, 0.1) is 18.8 Å². The lowest BCUT2D eigenvalue weighted by atomic mass is 10.0. The number of carbonyl (C=O) groups excluding carboxylic acids is 1. The zero-order chi connectivity index (χ0) is 14.4. The summed E-state index contributed by atoms with van der Waals surface area (Å²) in [5.41, 5.74) is 2.08. The SMILES string of the molecule is Cc1ccc(C(=O)Nc2nnns2)c(C#CCCO)c1. The number of anilines is 1. The maximum Gasteiger partial charge on any atom is 0.258 e. The van der Waals surface area contributed by atoms with Crippen molar-refractivity contribution in [1.82, 2.24) is 14.8 Å². The Kier molecular flexibility index (Phi) is 4.76. The molecule has 0 aliphatic heterocycles. The van der Waals surface area contributed by atoms with Gasteiger partial charge in [-0.3, -0.25) is 10.1 Å².